The Labute approximate surface area is 192 Å². The molecule has 0 bridgehead atoms. The summed E-state index contributed by atoms with van der Waals surface area (Å²) < 4.78 is 10.4. The maximum absolute atomic E-state index is 12.8. The quantitative estimate of drug-likeness (QED) is 0.435. The first-order valence-electron chi connectivity index (χ1n) is 10.4. The van der Waals surface area contributed by atoms with E-state index in [1.165, 1.54) is 18.4 Å². The van der Waals surface area contributed by atoms with Crippen LogP contribution >= 0.6 is 11.3 Å². The van der Waals surface area contributed by atoms with Gasteiger partial charge in [-0.25, -0.2) is 9.59 Å². The number of hydrogen-bond acceptors (Lipinski definition) is 6. The lowest BCUT2D eigenvalue weighted by atomic mass is 10.2. The topological polar surface area (TPSA) is 72.0 Å². The van der Waals surface area contributed by atoms with E-state index in [9.17, 15) is 9.59 Å². The lowest BCUT2D eigenvalue weighted by molar-refractivity contribution is 0.0907. The zero-order valence-corrected chi connectivity index (χ0v) is 18.9. The highest BCUT2D eigenvalue weighted by Crippen LogP contribution is 2.12. The van der Waals surface area contributed by atoms with Gasteiger partial charge in [-0.05, 0) is 17.5 Å². The number of amides is 2. The molecule has 1 heterocycles. The maximum Gasteiger partial charge on any atom is 0.410 e. The zero-order valence-electron chi connectivity index (χ0n) is 18.1. The normalized spacial score (nSPS) is 10.4. The van der Waals surface area contributed by atoms with Crippen LogP contribution in [0.5, 0.6) is 0 Å². The number of ether oxygens (including phenoxy) is 2. The van der Waals surface area contributed by atoms with E-state index in [1.807, 2.05) is 60.7 Å². The number of thiazole rings is 1. The fourth-order valence-corrected chi connectivity index (χ4v) is 3.70. The molecule has 1 aromatic heterocycles. The van der Waals surface area contributed by atoms with E-state index in [0.29, 0.717) is 32.6 Å². The van der Waals surface area contributed by atoms with Crippen molar-refractivity contribution in [2.75, 3.05) is 20.2 Å². The molecule has 0 unspecified atom stereocenters. The Morgan fingerprint density at radius 1 is 0.875 bits per heavy atom. The highest BCUT2D eigenvalue weighted by atomic mass is 32.1. The molecular weight excluding hydrogens is 426 g/mol. The summed E-state index contributed by atoms with van der Waals surface area (Å²) >= 11 is 1.44. The van der Waals surface area contributed by atoms with Crippen LogP contribution in [0.15, 0.2) is 72.4 Å². The van der Waals surface area contributed by atoms with Crippen molar-refractivity contribution in [3.63, 3.8) is 0 Å². The largest absolute Gasteiger partial charge is 0.453 e. The van der Waals surface area contributed by atoms with Crippen LogP contribution in [-0.2, 0) is 29.2 Å². The van der Waals surface area contributed by atoms with Gasteiger partial charge in [0.05, 0.1) is 17.5 Å². The number of hydrogen-bond donors (Lipinski definition) is 0. The Morgan fingerprint density at radius 2 is 1.44 bits per heavy atom. The first-order chi connectivity index (χ1) is 15.7. The first-order valence-corrected chi connectivity index (χ1v) is 11.2. The molecule has 2 aromatic carbocycles. The molecule has 0 aliphatic carbocycles. The van der Waals surface area contributed by atoms with Gasteiger partial charge in [0, 0.05) is 32.4 Å². The van der Waals surface area contributed by atoms with E-state index in [2.05, 4.69) is 4.98 Å². The number of benzene rings is 2. The van der Waals surface area contributed by atoms with Crippen LogP contribution in [0.2, 0.25) is 0 Å². The molecule has 168 valence electrons. The van der Waals surface area contributed by atoms with Gasteiger partial charge < -0.3 is 19.3 Å². The summed E-state index contributed by atoms with van der Waals surface area (Å²) in [5, 5.41) is 0. The van der Waals surface area contributed by atoms with Crippen LogP contribution in [0, 0.1) is 0 Å². The number of carbonyl (C=O) groups is 2. The average Bonchev–Trinajstić information content (AvgIpc) is 3.36. The number of nitrogens with zero attached hydrogens (tertiary/aromatic N) is 3. The van der Waals surface area contributed by atoms with Gasteiger partial charge in [-0.1, -0.05) is 60.7 Å². The Bertz CT molecular complexity index is 952. The molecule has 0 spiro atoms. The monoisotopic (exact) mass is 453 g/mol. The minimum absolute atomic E-state index is 0.192. The molecule has 0 aliphatic heterocycles. The van der Waals surface area contributed by atoms with Crippen LogP contribution in [0.1, 0.15) is 22.4 Å². The summed E-state index contributed by atoms with van der Waals surface area (Å²) in [5.74, 6) is 0. The highest BCUT2D eigenvalue weighted by molar-refractivity contribution is 7.09. The lowest BCUT2D eigenvalue weighted by Crippen LogP contribution is -2.36. The Kier molecular flexibility index (Phi) is 9.06. The fourth-order valence-electron chi connectivity index (χ4n) is 3.20. The molecule has 0 radical (unpaired) electrons. The number of aromatic nitrogens is 1. The van der Waals surface area contributed by atoms with Crippen LogP contribution in [-0.4, -0.2) is 47.2 Å². The van der Waals surface area contributed by atoms with E-state index in [-0.39, 0.29) is 6.61 Å². The molecule has 0 saturated carbocycles. The molecule has 8 heteroatoms. The smallest absolute Gasteiger partial charge is 0.410 e. The fraction of sp³-hybridized carbons (Fsp3) is 0.292. The van der Waals surface area contributed by atoms with Crippen molar-refractivity contribution in [3.05, 3.63) is 88.4 Å². The highest BCUT2D eigenvalue weighted by Gasteiger charge is 2.19. The van der Waals surface area contributed by atoms with E-state index < -0.39 is 12.2 Å². The van der Waals surface area contributed by atoms with Crippen LogP contribution in [0.25, 0.3) is 0 Å². The lowest BCUT2D eigenvalue weighted by Gasteiger charge is -2.25. The van der Waals surface area contributed by atoms with Crippen molar-refractivity contribution >= 4 is 23.5 Å². The Balaban J connectivity index is 1.60. The summed E-state index contributed by atoms with van der Waals surface area (Å²) in [5.41, 5.74) is 3.73. The predicted molar refractivity (Wildman–Crippen MR) is 123 cm³/mol. The molecule has 0 saturated heterocycles. The summed E-state index contributed by atoms with van der Waals surface area (Å²) in [6.07, 6.45) is 1.49. The summed E-state index contributed by atoms with van der Waals surface area (Å²) in [7, 11) is 1.37. The third-order valence-corrected chi connectivity index (χ3v) is 5.55. The zero-order chi connectivity index (χ0) is 22.6. The molecule has 7 nitrogen and oxygen atoms in total. The number of carbonyl (C=O) groups excluding carboxylic acids is 2. The van der Waals surface area contributed by atoms with E-state index >= 15 is 0 Å². The maximum atomic E-state index is 12.8. The molecule has 0 atom stereocenters. The summed E-state index contributed by atoms with van der Waals surface area (Å²) in [6.45, 7) is 1.96. The SMILES string of the molecule is COC(=O)N(CCCN(Cc1ccccc1)C(=O)OCc1cncs1)Cc1ccccc1. The van der Waals surface area contributed by atoms with Gasteiger partial charge in [0.25, 0.3) is 0 Å². The molecule has 3 aromatic rings. The second-order valence-electron chi connectivity index (χ2n) is 7.16. The van der Waals surface area contributed by atoms with Gasteiger partial charge in [-0.2, -0.15) is 0 Å². The minimum Gasteiger partial charge on any atom is -0.453 e. The van der Waals surface area contributed by atoms with Crippen LogP contribution < -0.4 is 0 Å². The van der Waals surface area contributed by atoms with Crippen molar-refractivity contribution in [2.45, 2.75) is 26.1 Å². The van der Waals surface area contributed by atoms with Crippen LogP contribution in [0.4, 0.5) is 9.59 Å². The van der Waals surface area contributed by atoms with Gasteiger partial charge in [-0.3, -0.25) is 4.98 Å². The van der Waals surface area contributed by atoms with Crippen molar-refractivity contribution in [1.82, 2.24) is 14.8 Å². The summed E-state index contributed by atoms with van der Waals surface area (Å²) in [6, 6.07) is 19.5. The van der Waals surface area contributed by atoms with Crippen molar-refractivity contribution in [2.24, 2.45) is 0 Å². The minimum atomic E-state index is -0.394. The van der Waals surface area contributed by atoms with Gasteiger partial charge in [0.15, 0.2) is 0 Å². The molecule has 0 fully saturated rings. The third kappa shape index (κ3) is 7.39. The third-order valence-electron chi connectivity index (χ3n) is 4.80. The van der Waals surface area contributed by atoms with Crippen molar-refractivity contribution in [1.29, 1.82) is 0 Å². The molecule has 32 heavy (non-hydrogen) atoms. The molecule has 0 N–H and O–H groups in total. The number of methoxy groups -OCH3 is 1. The van der Waals surface area contributed by atoms with Gasteiger partial charge >= 0.3 is 12.2 Å². The van der Waals surface area contributed by atoms with E-state index in [0.717, 1.165) is 16.0 Å². The summed E-state index contributed by atoms with van der Waals surface area (Å²) in [4.78, 5) is 33.2. The van der Waals surface area contributed by atoms with Crippen molar-refractivity contribution < 1.29 is 19.1 Å². The molecule has 2 amide bonds. The van der Waals surface area contributed by atoms with E-state index in [4.69, 9.17) is 9.47 Å². The Morgan fingerprint density at radius 3 is 1.94 bits per heavy atom. The predicted octanol–water partition coefficient (Wildman–Crippen LogP) is 4.94. The molecular formula is C24H27N3O4S. The molecule has 3 rings (SSSR count). The average molecular weight is 454 g/mol. The number of rotatable bonds is 10. The van der Waals surface area contributed by atoms with Crippen molar-refractivity contribution in [3.8, 4) is 0 Å². The Hall–Kier alpha value is -3.39. The van der Waals surface area contributed by atoms with Crippen LogP contribution in [0.3, 0.4) is 0 Å². The second-order valence-corrected chi connectivity index (χ2v) is 8.13. The van der Waals surface area contributed by atoms with Gasteiger partial charge in [0.1, 0.15) is 6.61 Å². The first kappa shape index (κ1) is 23.3. The standard InChI is InChI=1S/C24H27N3O4S/c1-30-23(28)26(16-20-9-4-2-5-10-20)13-8-14-27(17-21-11-6-3-7-12-21)24(29)31-18-22-15-25-19-32-22/h2-7,9-12,15,19H,8,13-14,16-18H2,1H3. The van der Waals surface area contributed by atoms with E-state index in [1.54, 1.807) is 21.5 Å². The molecule has 0 aliphatic rings. The van der Waals surface area contributed by atoms with Gasteiger partial charge in [-0.15, -0.1) is 11.3 Å². The second kappa shape index (κ2) is 12.5. The van der Waals surface area contributed by atoms with Gasteiger partial charge in [0.2, 0.25) is 0 Å².